The number of methoxy groups -OCH3 is 1. The van der Waals surface area contributed by atoms with Crippen LogP contribution in [-0.4, -0.2) is 42.2 Å². The van der Waals surface area contributed by atoms with E-state index in [1.165, 1.54) is 7.11 Å². The number of thiazole rings is 1. The molecule has 1 fully saturated rings. The Bertz CT molecular complexity index is 1060. The van der Waals surface area contributed by atoms with Gasteiger partial charge in [-0.2, -0.15) is 0 Å². The van der Waals surface area contributed by atoms with Crippen LogP contribution >= 0.6 is 22.9 Å². The van der Waals surface area contributed by atoms with Crippen LogP contribution in [0, 0.1) is 5.92 Å². The molecule has 0 amide bonds. The fourth-order valence-corrected chi connectivity index (χ4v) is 4.92. The number of aromatic nitrogens is 1. The molecule has 1 aromatic heterocycles. The number of benzene rings is 2. The van der Waals surface area contributed by atoms with Crippen LogP contribution in [0.3, 0.4) is 0 Å². The van der Waals surface area contributed by atoms with Gasteiger partial charge in [0.1, 0.15) is 10.8 Å². The molecule has 0 unspecified atom stereocenters. The van der Waals surface area contributed by atoms with Crippen LogP contribution in [-0.2, 0) is 16.1 Å². The Labute approximate surface area is 191 Å². The molecule has 0 N–H and O–H groups in total. The van der Waals surface area contributed by atoms with E-state index < -0.39 is 0 Å². The molecule has 1 saturated heterocycles. The summed E-state index contributed by atoms with van der Waals surface area (Å²) < 4.78 is 10.5. The molecule has 7 heteroatoms. The summed E-state index contributed by atoms with van der Waals surface area (Å²) in [5.41, 5.74) is 3.15. The number of likely N-dealkylation sites (tertiary alicyclic amines) is 1. The van der Waals surface area contributed by atoms with E-state index in [1.807, 2.05) is 56.4 Å². The summed E-state index contributed by atoms with van der Waals surface area (Å²) in [6.07, 6.45) is 2.04. The summed E-state index contributed by atoms with van der Waals surface area (Å²) in [6, 6.07) is 14.2. The number of carbonyl (C=O) groups excluding carboxylic acids is 1. The molecule has 162 valence electrons. The number of hydrogen-bond donors (Lipinski definition) is 0. The highest BCUT2D eigenvalue weighted by molar-refractivity contribution is 7.18. The molecular weight excluding hydrogens is 432 g/mol. The van der Waals surface area contributed by atoms with Gasteiger partial charge in [0, 0.05) is 31.4 Å². The normalized spacial score (nSPS) is 14.5. The summed E-state index contributed by atoms with van der Waals surface area (Å²) in [5.74, 6) is 0.716. The number of nitrogens with zero attached hydrogens (tertiary/aromatic N) is 2. The standard InChI is InChI=1S/C24H25ClN2O3S/c1-15(2)30-19-7-5-17(6-8-19)22-11-26-23(31-22)20-9-4-16(10-21(20)25)12-27-13-18(14-27)24(28)29-3/h4-11,15,18H,12-14H2,1-3H3. The predicted octanol–water partition coefficient (Wildman–Crippen LogP) is 5.52. The maximum Gasteiger partial charge on any atom is 0.311 e. The van der Waals surface area contributed by atoms with E-state index >= 15 is 0 Å². The van der Waals surface area contributed by atoms with Gasteiger partial charge in [0.25, 0.3) is 0 Å². The smallest absolute Gasteiger partial charge is 0.311 e. The van der Waals surface area contributed by atoms with Gasteiger partial charge in [-0.3, -0.25) is 9.69 Å². The van der Waals surface area contributed by atoms with Crippen LogP contribution in [0.25, 0.3) is 21.0 Å². The lowest BCUT2D eigenvalue weighted by atomic mass is 9.99. The molecule has 3 aromatic rings. The summed E-state index contributed by atoms with van der Waals surface area (Å²) in [6.45, 7) is 6.25. The van der Waals surface area contributed by atoms with Crippen molar-refractivity contribution >= 4 is 28.9 Å². The van der Waals surface area contributed by atoms with Crippen LogP contribution in [0.5, 0.6) is 5.75 Å². The summed E-state index contributed by atoms with van der Waals surface area (Å²) in [7, 11) is 1.43. The second-order valence-corrected chi connectivity index (χ2v) is 9.39. The Kier molecular flexibility index (Phi) is 6.60. The predicted molar refractivity (Wildman–Crippen MR) is 125 cm³/mol. The summed E-state index contributed by atoms with van der Waals surface area (Å²) in [5, 5.41) is 1.58. The summed E-state index contributed by atoms with van der Waals surface area (Å²) in [4.78, 5) is 19.4. The average molecular weight is 457 g/mol. The minimum atomic E-state index is -0.133. The maximum atomic E-state index is 11.5. The Morgan fingerprint density at radius 1 is 1.23 bits per heavy atom. The minimum absolute atomic E-state index is 0.0144. The maximum absolute atomic E-state index is 11.5. The average Bonchev–Trinajstić information content (AvgIpc) is 3.20. The molecular formula is C24H25ClN2O3S. The molecule has 2 aromatic carbocycles. The number of carbonyl (C=O) groups is 1. The highest BCUT2D eigenvalue weighted by Gasteiger charge is 2.33. The number of esters is 1. The minimum Gasteiger partial charge on any atom is -0.491 e. The van der Waals surface area contributed by atoms with Crippen LogP contribution in [0.15, 0.2) is 48.7 Å². The Morgan fingerprint density at radius 2 is 1.97 bits per heavy atom. The van der Waals surface area contributed by atoms with Crippen molar-refractivity contribution in [3.63, 3.8) is 0 Å². The monoisotopic (exact) mass is 456 g/mol. The van der Waals surface area contributed by atoms with Crippen molar-refractivity contribution in [2.45, 2.75) is 26.5 Å². The quantitative estimate of drug-likeness (QED) is 0.438. The van der Waals surface area contributed by atoms with E-state index in [2.05, 4.69) is 16.0 Å². The third-order valence-corrected chi connectivity index (χ3v) is 6.57. The van der Waals surface area contributed by atoms with Gasteiger partial charge in [-0.05, 0) is 55.3 Å². The first-order chi connectivity index (χ1) is 14.9. The second-order valence-electron chi connectivity index (χ2n) is 7.95. The van der Waals surface area contributed by atoms with Crippen molar-refractivity contribution in [1.29, 1.82) is 0 Å². The lowest BCUT2D eigenvalue weighted by Crippen LogP contribution is -2.49. The first-order valence-corrected chi connectivity index (χ1v) is 11.4. The number of ether oxygens (including phenoxy) is 2. The van der Waals surface area contributed by atoms with Crippen molar-refractivity contribution in [3.05, 3.63) is 59.2 Å². The Morgan fingerprint density at radius 3 is 2.61 bits per heavy atom. The van der Waals surface area contributed by atoms with Crippen molar-refractivity contribution in [1.82, 2.24) is 9.88 Å². The molecule has 5 nitrogen and oxygen atoms in total. The largest absolute Gasteiger partial charge is 0.491 e. The fraction of sp³-hybridized carbons (Fsp3) is 0.333. The highest BCUT2D eigenvalue weighted by Crippen LogP contribution is 2.36. The van der Waals surface area contributed by atoms with Gasteiger partial charge in [-0.15, -0.1) is 11.3 Å². The van der Waals surface area contributed by atoms with Gasteiger partial charge < -0.3 is 9.47 Å². The van der Waals surface area contributed by atoms with Crippen molar-refractivity contribution in [2.75, 3.05) is 20.2 Å². The van der Waals surface area contributed by atoms with Crippen molar-refractivity contribution in [3.8, 4) is 26.8 Å². The third-order valence-electron chi connectivity index (χ3n) is 5.18. The lowest BCUT2D eigenvalue weighted by molar-refractivity contribution is -0.151. The van der Waals surface area contributed by atoms with Gasteiger partial charge in [0.05, 0.1) is 29.0 Å². The molecule has 31 heavy (non-hydrogen) atoms. The van der Waals surface area contributed by atoms with E-state index in [0.29, 0.717) is 5.02 Å². The zero-order valence-corrected chi connectivity index (χ0v) is 19.4. The SMILES string of the molecule is COC(=O)C1CN(Cc2ccc(-c3ncc(-c4ccc(OC(C)C)cc4)s3)c(Cl)c2)C1. The van der Waals surface area contributed by atoms with Gasteiger partial charge in [-0.1, -0.05) is 23.7 Å². The molecule has 1 aliphatic rings. The first-order valence-electron chi connectivity index (χ1n) is 10.2. The molecule has 0 radical (unpaired) electrons. The van der Waals surface area contributed by atoms with E-state index in [-0.39, 0.29) is 18.0 Å². The topological polar surface area (TPSA) is 51.7 Å². The Hall–Kier alpha value is -2.41. The fourth-order valence-electron chi connectivity index (χ4n) is 3.61. The Balaban J connectivity index is 1.42. The molecule has 0 atom stereocenters. The van der Waals surface area contributed by atoms with Crippen LogP contribution in [0.2, 0.25) is 5.02 Å². The van der Waals surface area contributed by atoms with Crippen molar-refractivity contribution < 1.29 is 14.3 Å². The first kappa shape index (κ1) is 21.8. The molecule has 2 heterocycles. The van der Waals surface area contributed by atoms with E-state index in [0.717, 1.165) is 52.0 Å². The molecule has 0 bridgehead atoms. The zero-order valence-electron chi connectivity index (χ0n) is 17.8. The van der Waals surface area contributed by atoms with Gasteiger partial charge >= 0.3 is 5.97 Å². The second kappa shape index (κ2) is 9.39. The molecule has 1 aliphatic heterocycles. The van der Waals surface area contributed by atoms with Crippen LogP contribution in [0.4, 0.5) is 0 Å². The lowest BCUT2D eigenvalue weighted by Gasteiger charge is -2.37. The van der Waals surface area contributed by atoms with Crippen LogP contribution < -0.4 is 4.74 Å². The summed E-state index contributed by atoms with van der Waals surface area (Å²) >= 11 is 8.21. The molecule has 0 saturated carbocycles. The van der Waals surface area contributed by atoms with Crippen LogP contribution in [0.1, 0.15) is 19.4 Å². The number of halogens is 1. The molecule has 0 aliphatic carbocycles. The molecule has 4 rings (SSSR count). The zero-order chi connectivity index (χ0) is 22.0. The van der Waals surface area contributed by atoms with Gasteiger partial charge in [0.2, 0.25) is 0 Å². The van der Waals surface area contributed by atoms with Crippen molar-refractivity contribution in [2.24, 2.45) is 5.92 Å². The van der Waals surface area contributed by atoms with E-state index in [1.54, 1.807) is 11.3 Å². The van der Waals surface area contributed by atoms with Gasteiger partial charge in [0.15, 0.2) is 0 Å². The van der Waals surface area contributed by atoms with E-state index in [9.17, 15) is 4.79 Å². The van der Waals surface area contributed by atoms with E-state index in [4.69, 9.17) is 21.1 Å². The molecule has 0 spiro atoms. The number of hydrogen-bond acceptors (Lipinski definition) is 6. The number of rotatable bonds is 7. The highest BCUT2D eigenvalue weighted by atomic mass is 35.5. The third kappa shape index (κ3) is 5.09. The van der Waals surface area contributed by atoms with Gasteiger partial charge in [-0.25, -0.2) is 4.98 Å².